The molecule has 19 heavy (non-hydrogen) atoms. The molecule has 0 saturated heterocycles. The van der Waals surface area contributed by atoms with E-state index < -0.39 is 0 Å². The van der Waals surface area contributed by atoms with E-state index in [9.17, 15) is 0 Å². The summed E-state index contributed by atoms with van der Waals surface area (Å²) in [7, 11) is 0. The highest BCUT2D eigenvalue weighted by atomic mass is 16.5. The number of rotatable bonds is 3. The average Bonchev–Trinajstić information content (AvgIpc) is 2.72. The first-order chi connectivity index (χ1) is 8.86. The summed E-state index contributed by atoms with van der Waals surface area (Å²) in [6.07, 6.45) is 0. The van der Waals surface area contributed by atoms with Crippen molar-refractivity contribution in [1.82, 2.24) is 15.2 Å². The van der Waals surface area contributed by atoms with E-state index >= 15 is 0 Å². The number of nitrogens with zero attached hydrogens (tertiary/aromatic N) is 2. The van der Waals surface area contributed by atoms with Crippen molar-refractivity contribution < 1.29 is 4.74 Å². The van der Waals surface area contributed by atoms with Crippen molar-refractivity contribution >= 4 is 5.95 Å². The summed E-state index contributed by atoms with van der Waals surface area (Å²) in [5, 5.41) is 6.48. The molecule has 0 spiro atoms. The molecule has 0 aliphatic rings. The Morgan fingerprint density at radius 2 is 2.05 bits per heavy atom. The standard InChI is InChI=1S/C14H20N4O/c1-9-7-10(14(2,3)4)5-6-11(9)19-8-12-16-13(15)18-17-12/h5-7H,8H2,1-4H3,(H3,15,16,17,18). The van der Waals surface area contributed by atoms with Gasteiger partial charge in [-0.25, -0.2) is 0 Å². The summed E-state index contributed by atoms with van der Waals surface area (Å²) in [4.78, 5) is 4.00. The number of nitrogen functional groups attached to an aromatic ring is 1. The Bertz CT molecular complexity index is 569. The Balaban J connectivity index is 2.09. The summed E-state index contributed by atoms with van der Waals surface area (Å²) < 4.78 is 5.71. The largest absolute Gasteiger partial charge is 0.485 e. The van der Waals surface area contributed by atoms with E-state index in [4.69, 9.17) is 10.5 Å². The van der Waals surface area contributed by atoms with Crippen LogP contribution in [0.15, 0.2) is 18.2 Å². The minimum atomic E-state index is 0.142. The monoisotopic (exact) mass is 260 g/mol. The molecule has 102 valence electrons. The number of nitrogens with two attached hydrogens (primary N) is 1. The molecule has 2 rings (SSSR count). The van der Waals surface area contributed by atoms with Crippen LogP contribution in [0.2, 0.25) is 0 Å². The number of aromatic nitrogens is 3. The first kappa shape index (κ1) is 13.4. The zero-order chi connectivity index (χ0) is 14.0. The Labute approximate surface area is 113 Å². The Kier molecular flexibility index (Phi) is 3.46. The molecule has 1 aromatic carbocycles. The van der Waals surface area contributed by atoms with Gasteiger partial charge in [0.25, 0.3) is 0 Å². The summed E-state index contributed by atoms with van der Waals surface area (Å²) in [5.41, 5.74) is 7.98. The molecule has 0 saturated carbocycles. The van der Waals surface area contributed by atoms with Crippen LogP contribution in [-0.2, 0) is 12.0 Å². The average molecular weight is 260 g/mol. The fraction of sp³-hybridized carbons (Fsp3) is 0.429. The fourth-order valence-electron chi connectivity index (χ4n) is 1.80. The van der Waals surface area contributed by atoms with E-state index in [-0.39, 0.29) is 11.4 Å². The molecule has 0 radical (unpaired) electrons. The molecular formula is C14H20N4O. The van der Waals surface area contributed by atoms with Gasteiger partial charge in [-0.05, 0) is 29.5 Å². The molecule has 0 aliphatic heterocycles. The molecule has 0 fully saturated rings. The maximum absolute atomic E-state index is 5.71. The number of aromatic amines is 1. The quantitative estimate of drug-likeness (QED) is 0.889. The molecule has 5 nitrogen and oxygen atoms in total. The van der Waals surface area contributed by atoms with Gasteiger partial charge in [0, 0.05) is 0 Å². The predicted molar refractivity (Wildman–Crippen MR) is 75.0 cm³/mol. The third-order valence-corrected chi connectivity index (χ3v) is 2.95. The summed E-state index contributed by atoms with van der Waals surface area (Å²) >= 11 is 0. The first-order valence-electron chi connectivity index (χ1n) is 6.27. The number of benzene rings is 1. The van der Waals surface area contributed by atoms with E-state index in [1.807, 2.05) is 13.0 Å². The Morgan fingerprint density at radius 3 is 2.58 bits per heavy atom. The van der Waals surface area contributed by atoms with Gasteiger partial charge in [0.2, 0.25) is 5.95 Å². The van der Waals surface area contributed by atoms with Gasteiger partial charge < -0.3 is 10.5 Å². The first-order valence-corrected chi connectivity index (χ1v) is 6.27. The molecule has 0 unspecified atom stereocenters. The Morgan fingerprint density at radius 1 is 1.32 bits per heavy atom. The predicted octanol–water partition coefficient (Wildman–Crippen LogP) is 2.57. The van der Waals surface area contributed by atoms with Crippen LogP contribution in [0.25, 0.3) is 0 Å². The van der Waals surface area contributed by atoms with Gasteiger partial charge in [0.05, 0.1) is 0 Å². The van der Waals surface area contributed by atoms with Crippen LogP contribution >= 0.6 is 0 Å². The molecule has 0 atom stereocenters. The second kappa shape index (κ2) is 4.91. The second-order valence-electron chi connectivity index (χ2n) is 5.66. The van der Waals surface area contributed by atoms with Crippen molar-refractivity contribution in [3.05, 3.63) is 35.2 Å². The molecular weight excluding hydrogens is 240 g/mol. The lowest BCUT2D eigenvalue weighted by molar-refractivity contribution is 0.294. The van der Waals surface area contributed by atoms with Crippen LogP contribution in [0.3, 0.4) is 0 Å². The highest BCUT2D eigenvalue weighted by molar-refractivity contribution is 5.38. The number of aryl methyl sites for hydroxylation is 1. The van der Waals surface area contributed by atoms with Crippen molar-refractivity contribution in [2.45, 2.75) is 39.7 Å². The molecule has 5 heteroatoms. The van der Waals surface area contributed by atoms with E-state index in [1.165, 1.54) is 5.56 Å². The number of ether oxygens (including phenoxy) is 1. The minimum absolute atomic E-state index is 0.142. The fourth-order valence-corrected chi connectivity index (χ4v) is 1.80. The van der Waals surface area contributed by atoms with Gasteiger partial charge in [-0.1, -0.05) is 32.9 Å². The van der Waals surface area contributed by atoms with Gasteiger partial charge in [-0.3, -0.25) is 5.10 Å². The lowest BCUT2D eigenvalue weighted by Gasteiger charge is -2.20. The lowest BCUT2D eigenvalue weighted by Crippen LogP contribution is -2.11. The number of nitrogens with one attached hydrogen (secondary N) is 1. The SMILES string of the molecule is Cc1cc(C(C)(C)C)ccc1OCc1nc(N)n[nH]1. The highest BCUT2D eigenvalue weighted by Crippen LogP contribution is 2.27. The molecule has 1 aromatic heterocycles. The van der Waals surface area contributed by atoms with E-state index in [0.717, 1.165) is 11.3 Å². The molecule has 0 bridgehead atoms. The zero-order valence-corrected chi connectivity index (χ0v) is 11.8. The maximum atomic E-state index is 5.71. The van der Waals surface area contributed by atoms with Crippen LogP contribution in [0.4, 0.5) is 5.95 Å². The second-order valence-corrected chi connectivity index (χ2v) is 5.66. The highest BCUT2D eigenvalue weighted by Gasteiger charge is 2.14. The lowest BCUT2D eigenvalue weighted by atomic mass is 9.86. The van der Waals surface area contributed by atoms with Crippen molar-refractivity contribution in [3.63, 3.8) is 0 Å². The van der Waals surface area contributed by atoms with Crippen molar-refractivity contribution in [3.8, 4) is 5.75 Å². The number of H-pyrrole nitrogens is 1. The summed E-state index contributed by atoms with van der Waals surface area (Å²) in [5.74, 6) is 1.71. The third kappa shape index (κ3) is 3.24. The van der Waals surface area contributed by atoms with Crippen molar-refractivity contribution in [2.75, 3.05) is 5.73 Å². The van der Waals surface area contributed by atoms with E-state index in [1.54, 1.807) is 0 Å². The van der Waals surface area contributed by atoms with Gasteiger partial charge in [-0.2, -0.15) is 4.98 Å². The number of hydrogen-bond acceptors (Lipinski definition) is 4. The van der Waals surface area contributed by atoms with Gasteiger partial charge in [0.15, 0.2) is 5.82 Å². The van der Waals surface area contributed by atoms with Gasteiger partial charge in [0.1, 0.15) is 12.4 Å². The van der Waals surface area contributed by atoms with Crippen molar-refractivity contribution in [2.24, 2.45) is 0 Å². The summed E-state index contributed by atoms with van der Waals surface area (Å²) in [6.45, 7) is 8.96. The normalized spacial score (nSPS) is 11.6. The van der Waals surface area contributed by atoms with E-state index in [2.05, 4.69) is 48.1 Å². The van der Waals surface area contributed by atoms with Crippen LogP contribution in [0.1, 0.15) is 37.7 Å². The van der Waals surface area contributed by atoms with Crippen LogP contribution in [0, 0.1) is 6.92 Å². The molecule has 0 amide bonds. The van der Waals surface area contributed by atoms with Gasteiger partial charge >= 0.3 is 0 Å². The summed E-state index contributed by atoms with van der Waals surface area (Å²) in [6, 6.07) is 6.25. The third-order valence-electron chi connectivity index (χ3n) is 2.95. The number of anilines is 1. The van der Waals surface area contributed by atoms with E-state index in [0.29, 0.717) is 12.4 Å². The molecule has 2 aromatic rings. The molecule has 1 heterocycles. The van der Waals surface area contributed by atoms with Crippen LogP contribution in [-0.4, -0.2) is 15.2 Å². The minimum Gasteiger partial charge on any atom is -0.485 e. The van der Waals surface area contributed by atoms with Crippen LogP contribution < -0.4 is 10.5 Å². The Hall–Kier alpha value is -2.04. The van der Waals surface area contributed by atoms with Gasteiger partial charge in [-0.15, -0.1) is 5.10 Å². The molecule has 0 aliphatic carbocycles. The smallest absolute Gasteiger partial charge is 0.239 e. The van der Waals surface area contributed by atoms with Crippen molar-refractivity contribution in [1.29, 1.82) is 0 Å². The topological polar surface area (TPSA) is 76.8 Å². The molecule has 3 N–H and O–H groups in total. The zero-order valence-electron chi connectivity index (χ0n) is 11.8. The maximum Gasteiger partial charge on any atom is 0.239 e. The van der Waals surface area contributed by atoms with Crippen LogP contribution in [0.5, 0.6) is 5.75 Å². The number of hydrogen-bond donors (Lipinski definition) is 2.